The molecule has 1 rings (SSSR count). The Morgan fingerprint density at radius 2 is 1.86 bits per heavy atom. The quantitative estimate of drug-likeness (QED) is 0.791. The molecule has 0 spiro atoms. The lowest BCUT2D eigenvalue weighted by Crippen LogP contribution is -2.50. The molecule has 0 saturated heterocycles. The fourth-order valence-electron chi connectivity index (χ4n) is 1.80. The Morgan fingerprint density at radius 3 is 2.36 bits per heavy atom. The Kier molecular flexibility index (Phi) is 5.50. The predicted octanol–water partition coefficient (Wildman–Crippen LogP) is -0.0288. The van der Waals surface area contributed by atoms with E-state index >= 15 is 0 Å². The maximum absolute atomic E-state index is 11.7. The number of ether oxygens (including phenoxy) is 1. The molecule has 0 bridgehead atoms. The number of nitrogens with two attached hydrogens (primary N) is 1. The Morgan fingerprint density at radius 1 is 1.27 bits per heavy atom. The molecule has 1 aromatic carbocycles. The molecule has 0 saturated carbocycles. The lowest BCUT2D eigenvalue weighted by Gasteiger charge is -2.24. The second-order valence-corrected chi connectivity index (χ2v) is 5.74. The van der Waals surface area contributed by atoms with E-state index in [0.29, 0.717) is 5.56 Å². The van der Waals surface area contributed by atoms with E-state index in [-0.39, 0.29) is 12.0 Å². The lowest BCUT2D eigenvalue weighted by molar-refractivity contribution is -0.308. The van der Waals surface area contributed by atoms with Crippen molar-refractivity contribution in [3.8, 4) is 0 Å². The van der Waals surface area contributed by atoms with Gasteiger partial charge in [0.1, 0.15) is 5.60 Å². The molecule has 2 amide bonds. The van der Waals surface area contributed by atoms with E-state index in [0.717, 1.165) is 0 Å². The van der Waals surface area contributed by atoms with Gasteiger partial charge in [-0.15, -0.1) is 0 Å². The number of aliphatic carboxylic acids is 1. The van der Waals surface area contributed by atoms with Crippen molar-refractivity contribution >= 4 is 18.0 Å². The van der Waals surface area contributed by atoms with Crippen LogP contribution in [0.5, 0.6) is 0 Å². The summed E-state index contributed by atoms with van der Waals surface area (Å²) in [5, 5.41) is 13.4. The molecule has 0 fully saturated rings. The minimum absolute atomic E-state index is 0.138. The first kappa shape index (κ1) is 17.5. The standard InChI is InChI=1S/C15H20N2O5/c1-15(2,3)22-14(21)17-11(13(19)20)8-9-6-4-5-7-10(9)12(16)18/h4-7,11H,8H2,1-3H3,(H2,16,18)(H,17,21)(H,19,20)/p-1/t11-/m1/s1. The molecule has 0 aliphatic heterocycles. The van der Waals surface area contributed by atoms with Crippen LogP contribution in [0.15, 0.2) is 24.3 Å². The first-order valence-corrected chi connectivity index (χ1v) is 6.68. The van der Waals surface area contributed by atoms with Gasteiger partial charge in [-0.2, -0.15) is 0 Å². The largest absolute Gasteiger partial charge is 0.548 e. The maximum atomic E-state index is 11.7. The molecule has 3 N–H and O–H groups in total. The summed E-state index contributed by atoms with van der Waals surface area (Å²) in [5.41, 5.74) is 5.08. The molecule has 1 aromatic rings. The molecule has 22 heavy (non-hydrogen) atoms. The number of carboxylic acid groups (broad SMARTS) is 1. The van der Waals surface area contributed by atoms with Gasteiger partial charge in [0, 0.05) is 5.56 Å². The van der Waals surface area contributed by atoms with E-state index in [1.165, 1.54) is 6.07 Å². The average molecular weight is 307 g/mol. The third kappa shape index (κ3) is 5.43. The number of primary amides is 1. The number of carbonyl (C=O) groups excluding carboxylic acids is 3. The van der Waals surface area contributed by atoms with Crippen molar-refractivity contribution < 1.29 is 24.2 Å². The highest BCUT2D eigenvalue weighted by Gasteiger charge is 2.21. The molecule has 0 aliphatic rings. The number of carboxylic acids is 1. The number of rotatable bonds is 5. The zero-order valence-corrected chi connectivity index (χ0v) is 12.7. The van der Waals surface area contributed by atoms with Gasteiger partial charge in [-0.1, -0.05) is 18.2 Å². The number of carbonyl (C=O) groups is 3. The summed E-state index contributed by atoms with van der Waals surface area (Å²) in [6.45, 7) is 4.97. The van der Waals surface area contributed by atoms with E-state index in [1.54, 1.807) is 39.0 Å². The van der Waals surface area contributed by atoms with Crippen LogP contribution in [-0.2, 0) is 16.0 Å². The van der Waals surface area contributed by atoms with E-state index < -0.39 is 29.6 Å². The van der Waals surface area contributed by atoms with Crippen molar-refractivity contribution in [3.63, 3.8) is 0 Å². The molecular weight excluding hydrogens is 288 g/mol. The Labute approximate surface area is 128 Å². The zero-order valence-electron chi connectivity index (χ0n) is 12.7. The Hall–Kier alpha value is -2.57. The zero-order chi connectivity index (χ0) is 16.9. The van der Waals surface area contributed by atoms with Crippen molar-refractivity contribution in [2.24, 2.45) is 5.73 Å². The van der Waals surface area contributed by atoms with Crippen LogP contribution in [0.4, 0.5) is 4.79 Å². The summed E-state index contributed by atoms with van der Waals surface area (Å²) in [4.78, 5) is 34.2. The van der Waals surface area contributed by atoms with E-state index in [9.17, 15) is 19.5 Å². The minimum Gasteiger partial charge on any atom is -0.548 e. The maximum Gasteiger partial charge on any atom is 0.408 e. The number of benzene rings is 1. The first-order valence-electron chi connectivity index (χ1n) is 6.68. The summed E-state index contributed by atoms with van der Waals surface area (Å²) in [6.07, 6.45) is -1.01. The summed E-state index contributed by atoms with van der Waals surface area (Å²) < 4.78 is 5.00. The highest BCUT2D eigenvalue weighted by Crippen LogP contribution is 2.12. The third-order valence-electron chi connectivity index (χ3n) is 2.68. The van der Waals surface area contributed by atoms with Gasteiger partial charge in [0.15, 0.2) is 0 Å². The topological polar surface area (TPSA) is 122 Å². The third-order valence-corrected chi connectivity index (χ3v) is 2.68. The normalized spacial score (nSPS) is 12.3. The van der Waals surface area contributed by atoms with Gasteiger partial charge in [0.25, 0.3) is 0 Å². The van der Waals surface area contributed by atoms with Crippen molar-refractivity contribution in [1.29, 1.82) is 0 Å². The fourth-order valence-corrected chi connectivity index (χ4v) is 1.80. The van der Waals surface area contributed by atoms with Crippen molar-refractivity contribution in [3.05, 3.63) is 35.4 Å². The molecule has 0 heterocycles. The van der Waals surface area contributed by atoms with Crippen LogP contribution in [0, 0.1) is 0 Å². The molecule has 0 aromatic heterocycles. The van der Waals surface area contributed by atoms with Crippen LogP contribution in [0.25, 0.3) is 0 Å². The van der Waals surface area contributed by atoms with Crippen molar-refractivity contribution in [2.75, 3.05) is 0 Å². The van der Waals surface area contributed by atoms with Crippen LogP contribution < -0.4 is 16.2 Å². The summed E-state index contributed by atoms with van der Waals surface area (Å²) >= 11 is 0. The van der Waals surface area contributed by atoms with Crippen molar-refractivity contribution in [1.82, 2.24) is 5.32 Å². The van der Waals surface area contributed by atoms with Crippen LogP contribution >= 0.6 is 0 Å². The molecule has 0 aliphatic carbocycles. The van der Waals surface area contributed by atoms with Gasteiger partial charge in [0.2, 0.25) is 5.91 Å². The van der Waals surface area contributed by atoms with Crippen molar-refractivity contribution in [2.45, 2.75) is 38.8 Å². The number of amides is 2. The minimum atomic E-state index is -1.48. The van der Waals surface area contributed by atoms with Crippen LogP contribution in [-0.4, -0.2) is 29.6 Å². The van der Waals surface area contributed by atoms with E-state index in [1.807, 2.05) is 0 Å². The van der Waals surface area contributed by atoms with Gasteiger partial charge in [-0.05, 0) is 38.8 Å². The summed E-state index contributed by atoms with van der Waals surface area (Å²) in [5.74, 6) is -2.16. The smallest absolute Gasteiger partial charge is 0.408 e. The molecule has 1 atom stereocenters. The average Bonchev–Trinajstić information content (AvgIpc) is 2.35. The molecule has 7 heteroatoms. The monoisotopic (exact) mass is 307 g/mol. The number of hydrogen-bond acceptors (Lipinski definition) is 5. The highest BCUT2D eigenvalue weighted by atomic mass is 16.6. The predicted molar refractivity (Wildman–Crippen MR) is 76.8 cm³/mol. The molecule has 0 radical (unpaired) electrons. The van der Waals surface area contributed by atoms with E-state index in [2.05, 4.69) is 5.32 Å². The fraction of sp³-hybridized carbons (Fsp3) is 0.400. The lowest BCUT2D eigenvalue weighted by atomic mass is 10.00. The number of alkyl carbamates (subject to hydrolysis) is 1. The molecular formula is C15H19N2O5-. The Balaban J connectivity index is 2.88. The molecule has 0 unspecified atom stereocenters. The number of nitrogens with one attached hydrogen (secondary N) is 1. The molecule has 120 valence electrons. The highest BCUT2D eigenvalue weighted by molar-refractivity contribution is 5.94. The van der Waals surface area contributed by atoms with Gasteiger partial charge in [0.05, 0.1) is 12.0 Å². The van der Waals surface area contributed by atoms with Crippen LogP contribution in [0.1, 0.15) is 36.7 Å². The SMILES string of the molecule is CC(C)(C)OC(=O)N[C@H](Cc1ccccc1C(N)=O)C(=O)[O-]. The summed E-state index contributed by atoms with van der Waals surface area (Å²) in [7, 11) is 0. The Bertz CT molecular complexity index is 578. The van der Waals surface area contributed by atoms with E-state index in [4.69, 9.17) is 10.5 Å². The first-order chi connectivity index (χ1) is 10.1. The number of hydrogen-bond donors (Lipinski definition) is 2. The second kappa shape index (κ2) is 6.93. The second-order valence-electron chi connectivity index (χ2n) is 5.74. The summed E-state index contributed by atoms with van der Waals surface area (Å²) in [6, 6.07) is 4.96. The van der Waals surface area contributed by atoms with Gasteiger partial charge < -0.3 is 25.7 Å². The van der Waals surface area contributed by atoms with Gasteiger partial charge in [-0.25, -0.2) is 4.79 Å². The molecule has 7 nitrogen and oxygen atoms in total. The van der Waals surface area contributed by atoms with Gasteiger partial charge >= 0.3 is 6.09 Å². The van der Waals surface area contributed by atoms with Gasteiger partial charge in [-0.3, -0.25) is 4.79 Å². The van der Waals surface area contributed by atoms with Crippen LogP contribution in [0.3, 0.4) is 0 Å². The van der Waals surface area contributed by atoms with Crippen LogP contribution in [0.2, 0.25) is 0 Å².